The zero-order valence-corrected chi connectivity index (χ0v) is 18.4. The molecule has 0 aliphatic heterocycles. The number of carboxylic acid groups (broad SMARTS) is 1. The maximum Gasteiger partial charge on any atom is 0.348 e. The van der Waals surface area contributed by atoms with E-state index in [1.165, 1.54) is 6.07 Å². The number of rotatable bonds is 5. The Morgan fingerprint density at radius 3 is 2.29 bits per heavy atom. The molecule has 0 radical (unpaired) electrons. The fraction of sp³-hybridized carbons (Fsp3) is 0.520. The third-order valence-electron chi connectivity index (χ3n) is 6.55. The predicted molar refractivity (Wildman–Crippen MR) is 124 cm³/mol. The first kappa shape index (κ1) is 16.5. The fourth-order valence-electron chi connectivity index (χ4n) is 4.73. The molecular weight excluding hydrogens is 410 g/mol. The van der Waals surface area contributed by atoms with Crippen LogP contribution < -0.4 is 4.90 Å². The van der Waals surface area contributed by atoms with Gasteiger partial charge in [0.15, 0.2) is 0 Å². The molecule has 1 aromatic heterocycles. The summed E-state index contributed by atoms with van der Waals surface area (Å²) in [4.78, 5) is 28.0. The van der Waals surface area contributed by atoms with Crippen LogP contribution in [0.3, 0.4) is 0 Å². The van der Waals surface area contributed by atoms with E-state index in [2.05, 4.69) is 6.92 Å². The largest absolute Gasteiger partial charge is 0.477 e. The zero-order valence-electron chi connectivity index (χ0n) is 22.6. The molecule has 1 aromatic carbocycles. The number of carbonyl (C=O) groups is 2. The minimum absolute atomic E-state index is 0.0716. The highest BCUT2D eigenvalue weighted by Crippen LogP contribution is 2.41. The molecule has 2 aliphatic carbocycles. The summed E-state index contributed by atoms with van der Waals surface area (Å²) < 4.78 is 40.5. The Morgan fingerprint density at radius 1 is 1.03 bits per heavy atom. The fourth-order valence-corrected chi connectivity index (χ4v) is 5.67. The summed E-state index contributed by atoms with van der Waals surface area (Å²) in [5, 5.41) is 20.1. The monoisotopic (exact) mass is 446 g/mol. The summed E-state index contributed by atoms with van der Waals surface area (Å²) in [5.74, 6) is -1.05. The van der Waals surface area contributed by atoms with Crippen molar-refractivity contribution >= 4 is 28.9 Å². The average Bonchev–Trinajstić information content (AvgIpc) is 3.28. The second-order valence-corrected chi connectivity index (χ2v) is 9.81. The van der Waals surface area contributed by atoms with E-state index in [0.717, 1.165) is 37.0 Å². The Balaban J connectivity index is 1.84. The first-order chi connectivity index (χ1) is 17.0. The van der Waals surface area contributed by atoms with Gasteiger partial charge in [-0.15, -0.1) is 11.3 Å². The van der Waals surface area contributed by atoms with Crippen LogP contribution >= 0.6 is 11.3 Å². The molecule has 1 heterocycles. The van der Waals surface area contributed by atoms with Crippen LogP contribution in [0.1, 0.15) is 74.8 Å². The van der Waals surface area contributed by atoms with Crippen molar-refractivity contribution in [3.05, 3.63) is 41.2 Å². The van der Waals surface area contributed by atoms with E-state index in [4.69, 9.17) is 6.85 Å². The lowest BCUT2D eigenvalue weighted by Crippen LogP contribution is -2.47. The molecule has 0 bridgehead atoms. The second kappa shape index (κ2) is 9.53. The van der Waals surface area contributed by atoms with Crippen LogP contribution in [0, 0.1) is 11.8 Å². The van der Waals surface area contributed by atoms with Gasteiger partial charge in [-0.2, -0.15) is 0 Å². The zero-order chi connectivity index (χ0) is 26.3. The molecule has 0 spiro atoms. The van der Waals surface area contributed by atoms with Gasteiger partial charge in [0.25, 0.3) is 0 Å². The molecule has 31 heavy (non-hydrogen) atoms. The lowest BCUT2D eigenvalue weighted by atomic mass is 9.81. The van der Waals surface area contributed by atoms with Gasteiger partial charge in [-0.3, -0.25) is 4.79 Å². The molecule has 0 saturated heterocycles. The van der Waals surface area contributed by atoms with E-state index in [0.29, 0.717) is 31.6 Å². The molecular formula is C25H31NO4S. The van der Waals surface area contributed by atoms with E-state index in [-0.39, 0.29) is 38.9 Å². The number of amides is 1. The number of carbonyl (C=O) groups excluding carboxylic acids is 1. The number of aliphatic hydroxyl groups excluding tert-OH is 1. The smallest absolute Gasteiger partial charge is 0.348 e. The van der Waals surface area contributed by atoms with Crippen LogP contribution in [-0.2, 0) is 4.79 Å². The number of aliphatic hydroxyl groups is 1. The van der Waals surface area contributed by atoms with Crippen LogP contribution in [0.4, 0.5) is 5.69 Å². The number of hydrogen-bond acceptors (Lipinski definition) is 4. The number of thiophene rings is 1. The van der Waals surface area contributed by atoms with Gasteiger partial charge in [0, 0.05) is 16.8 Å². The molecule has 2 saturated carbocycles. The van der Waals surface area contributed by atoms with Gasteiger partial charge < -0.3 is 15.1 Å². The standard InChI is InChI=1S/C25H31NO4S/c1-16-7-9-18(10-8-16)24(28)26(19-11-13-20(27)14-12-19)21-15-22(31-23(21)25(29)30)17-5-3-2-4-6-17/h2-6,15-16,18-20,27H,7-14H2,1H3,(H,29,30)/i2D,3D,4D,5D,6D. The number of nitrogens with zero attached hydrogens (tertiary/aromatic N) is 1. The summed E-state index contributed by atoms with van der Waals surface area (Å²) in [5.41, 5.74) is 0.136. The van der Waals surface area contributed by atoms with Crippen molar-refractivity contribution in [1.82, 2.24) is 0 Å². The molecule has 166 valence electrons. The van der Waals surface area contributed by atoms with Crippen molar-refractivity contribution in [2.24, 2.45) is 11.8 Å². The number of benzene rings is 1. The lowest BCUT2D eigenvalue weighted by Gasteiger charge is -2.38. The Kier molecular flexibility index (Phi) is 5.06. The van der Waals surface area contributed by atoms with Crippen molar-refractivity contribution in [2.45, 2.75) is 70.4 Å². The molecule has 0 atom stereocenters. The van der Waals surface area contributed by atoms with E-state index in [1.807, 2.05) is 0 Å². The average molecular weight is 447 g/mol. The highest BCUT2D eigenvalue weighted by atomic mass is 32.1. The van der Waals surface area contributed by atoms with Gasteiger partial charge in [-0.1, -0.05) is 37.1 Å². The molecule has 6 heteroatoms. The number of carboxylic acids is 1. The molecule has 5 nitrogen and oxygen atoms in total. The van der Waals surface area contributed by atoms with Crippen molar-refractivity contribution in [2.75, 3.05) is 4.90 Å². The van der Waals surface area contributed by atoms with E-state index in [9.17, 15) is 19.8 Å². The summed E-state index contributed by atoms with van der Waals surface area (Å²) >= 11 is 0.819. The quantitative estimate of drug-likeness (QED) is 0.629. The Labute approximate surface area is 194 Å². The van der Waals surface area contributed by atoms with Gasteiger partial charge in [-0.25, -0.2) is 4.79 Å². The summed E-state index contributed by atoms with van der Waals surface area (Å²) in [6, 6.07) is -1.12. The maximum absolute atomic E-state index is 13.9. The maximum atomic E-state index is 13.9. The molecule has 4 rings (SSSR count). The van der Waals surface area contributed by atoms with Gasteiger partial charge in [0.1, 0.15) is 4.88 Å². The van der Waals surface area contributed by atoms with Crippen molar-refractivity contribution in [1.29, 1.82) is 0 Å². The van der Waals surface area contributed by atoms with Crippen molar-refractivity contribution < 1.29 is 26.7 Å². The minimum atomic E-state index is -1.24. The van der Waals surface area contributed by atoms with Gasteiger partial charge >= 0.3 is 5.97 Å². The molecule has 2 N–H and O–H groups in total. The number of aromatic carboxylic acids is 1. The predicted octanol–water partition coefficient (Wildman–Crippen LogP) is 5.58. The van der Waals surface area contributed by atoms with Crippen LogP contribution in [0.25, 0.3) is 10.4 Å². The third-order valence-corrected chi connectivity index (χ3v) is 7.68. The van der Waals surface area contributed by atoms with E-state index >= 15 is 0 Å². The normalized spacial score (nSPS) is 28.6. The number of anilines is 1. The molecule has 1 amide bonds. The summed E-state index contributed by atoms with van der Waals surface area (Å²) in [7, 11) is 0. The second-order valence-electron chi connectivity index (χ2n) is 8.76. The van der Waals surface area contributed by atoms with Crippen LogP contribution in [0.5, 0.6) is 0 Å². The highest BCUT2D eigenvalue weighted by molar-refractivity contribution is 7.18. The van der Waals surface area contributed by atoms with Gasteiger partial charge in [0.2, 0.25) is 5.91 Å². The molecule has 2 aliphatic rings. The van der Waals surface area contributed by atoms with Gasteiger partial charge in [-0.05, 0) is 68.9 Å². The first-order valence-electron chi connectivity index (χ1n) is 13.5. The Morgan fingerprint density at radius 2 is 1.68 bits per heavy atom. The summed E-state index contributed by atoms with van der Waals surface area (Å²) in [6.07, 6.45) is 4.97. The Bertz CT molecular complexity index is 1140. The van der Waals surface area contributed by atoms with Crippen molar-refractivity contribution in [3.8, 4) is 10.4 Å². The van der Waals surface area contributed by atoms with Crippen LogP contribution in [0.2, 0.25) is 0 Å². The van der Waals surface area contributed by atoms with E-state index < -0.39 is 42.3 Å². The van der Waals surface area contributed by atoms with Crippen molar-refractivity contribution in [3.63, 3.8) is 0 Å². The minimum Gasteiger partial charge on any atom is -0.477 e. The first-order valence-corrected chi connectivity index (χ1v) is 11.8. The molecule has 2 aromatic rings. The summed E-state index contributed by atoms with van der Waals surface area (Å²) in [6.45, 7) is 2.16. The van der Waals surface area contributed by atoms with Crippen LogP contribution in [0.15, 0.2) is 36.3 Å². The lowest BCUT2D eigenvalue weighted by molar-refractivity contribution is -0.124. The highest BCUT2D eigenvalue weighted by Gasteiger charge is 2.37. The topological polar surface area (TPSA) is 77.8 Å². The van der Waals surface area contributed by atoms with E-state index in [1.54, 1.807) is 4.90 Å². The number of hydrogen-bond donors (Lipinski definition) is 2. The molecule has 2 fully saturated rings. The third kappa shape index (κ3) is 4.85. The van der Waals surface area contributed by atoms with Gasteiger partial charge in [0.05, 0.1) is 18.6 Å². The molecule has 0 unspecified atom stereocenters. The SMILES string of the molecule is [2H]c1c([2H])c([2H])c(-c2cc(N(C(=O)C3CCC(C)CC3)C3CCC(O)CC3)c(C(=O)O)s2)c([2H])c1[2H]. The van der Waals surface area contributed by atoms with Crippen LogP contribution in [-0.4, -0.2) is 34.2 Å². The Hall–Kier alpha value is -2.18.